The Labute approximate surface area is 89.5 Å². The fraction of sp³-hybridized carbons (Fsp3) is 0.500. The molecule has 0 fully saturated rings. The maximum absolute atomic E-state index is 3.72. The Kier molecular flexibility index (Phi) is 3.98. The van der Waals surface area contributed by atoms with Crippen molar-refractivity contribution in [2.24, 2.45) is 0 Å². The van der Waals surface area contributed by atoms with Crippen LogP contribution < -0.4 is 0 Å². The zero-order valence-electron chi connectivity index (χ0n) is 8.60. The molecule has 0 nitrogen and oxygen atoms in total. The minimum atomic E-state index is 0.526. The van der Waals surface area contributed by atoms with Gasteiger partial charge in [0, 0.05) is 4.83 Å². The summed E-state index contributed by atoms with van der Waals surface area (Å²) >= 11 is 3.72. The molecule has 1 unspecified atom stereocenters. The predicted octanol–water partition coefficient (Wildman–Crippen LogP) is 4.54. The molecule has 13 heavy (non-hydrogen) atoms. The van der Waals surface area contributed by atoms with Gasteiger partial charge < -0.3 is 0 Å². The third-order valence-corrected chi connectivity index (χ3v) is 3.26. The van der Waals surface area contributed by atoms with Gasteiger partial charge in [0.1, 0.15) is 0 Å². The first-order chi connectivity index (χ1) is 6.15. The Morgan fingerprint density at radius 2 is 2.00 bits per heavy atom. The third-order valence-electron chi connectivity index (χ3n) is 2.30. The molecule has 0 aromatic heterocycles. The molecule has 1 heteroatoms. The molecule has 1 rings (SSSR count). The lowest BCUT2D eigenvalue weighted by molar-refractivity contribution is 0.784. The topological polar surface area (TPSA) is 0 Å². The highest BCUT2D eigenvalue weighted by Gasteiger charge is 2.08. The lowest BCUT2D eigenvalue weighted by Gasteiger charge is -2.12. The van der Waals surface area contributed by atoms with Gasteiger partial charge in [-0.25, -0.2) is 0 Å². The highest BCUT2D eigenvalue weighted by Crippen LogP contribution is 2.30. The summed E-state index contributed by atoms with van der Waals surface area (Å²) in [6, 6.07) is 6.67. The molecular weight excluding hydrogens is 224 g/mol. The van der Waals surface area contributed by atoms with E-state index in [1.807, 2.05) is 0 Å². The largest absolute Gasteiger partial charge is 0.0839 e. The van der Waals surface area contributed by atoms with E-state index in [2.05, 4.69) is 54.9 Å². The molecule has 0 bridgehead atoms. The van der Waals surface area contributed by atoms with Crippen LogP contribution in [0.4, 0.5) is 0 Å². The van der Waals surface area contributed by atoms with Gasteiger partial charge in [0.2, 0.25) is 0 Å². The fourth-order valence-electron chi connectivity index (χ4n) is 1.59. The Balaban J connectivity index is 2.88. The van der Waals surface area contributed by atoms with Crippen molar-refractivity contribution < 1.29 is 0 Å². The molecule has 0 heterocycles. The normalized spacial score (nSPS) is 12.9. The molecule has 0 spiro atoms. The Hall–Kier alpha value is -0.300. The summed E-state index contributed by atoms with van der Waals surface area (Å²) in [5.41, 5.74) is 4.18. The summed E-state index contributed by atoms with van der Waals surface area (Å²) in [4.78, 5) is 0.526. The minimum absolute atomic E-state index is 0.526. The van der Waals surface area contributed by atoms with Crippen molar-refractivity contribution in [3.8, 4) is 0 Å². The average molecular weight is 241 g/mol. The Morgan fingerprint density at radius 1 is 1.31 bits per heavy atom. The fourth-order valence-corrected chi connectivity index (χ4v) is 2.56. The van der Waals surface area contributed by atoms with E-state index in [0.717, 1.165) is 0 Å². The first-order valence-electron chi connectivity index (χ1n) is 4.86. The third kappa shape index (κ3) is 2.84. The van der Waals surface area contributed by atoms with E-state index in [1.165, 1.54) is 29.5 Å². The van der Waals surface area contributed by atoms with E-state index in [0.29, 0.717) is 4.83 Å². The number of alkyl halides is 1. The van der Waals surface area contributed by atoms with Gasteiger partial charge in [-0.3, -0.25) is 0 Å². The number of hydrogen-bond donors (Lipinski definition) is 0. The van der Waals surface area contributed by atoms with Gasteiger partial charge >= 0.3 is 0 Å². The van der Waals surface area contributed by atoms with Gasteiger partial charge in [0.15, 0.2) is 0 Å². The summed E-state index contributed by atoms with van der Waals surface area (Å²) in [5, 5.41) is 0. The minimum Gasteiger partial charge on any atom is -0.0839 e. The second-order valence-electron chi connectivity index (χ2n) is 3.62. The smallest absolute Gasteiger partial charge is 0.0397 e. The Morgan fingerprint density at radius 3 is 2.54 bits per heavy atom. The van der Waals surface area contributed by atoms with Gasteiger partial charge in [0.25, 0.3) is 0 Å². The molecule has 1 atom stereocenters. The van der Waals surface area contributed by atoms with Crippen LogP contribution in [0.1, 0.15) is 41.3 Å². The van der Waals surface area contributed by atoms with Crippen LogP contribution in [0.2, 0.25) is 0 Å². The van der Waals surface area contributed by atoms with Crippen molar-refractivity contribution in [3.05, 3.63) is 34.9 Å². The lowest BCUT2D eigenvalue weighted by Crippen LogP contribution is -1.93. The molecule has 1 aromatic carbocycles. The molecule has 0 aliphatic carbocycles. The quantitative estimate of drug-likeness (QED) is 0.681. The lowest BCUT2D eigenvalue weighted by atomic mass is 10.0. The van der Waals surface area contributed by atoms with Crippen LogP contribution in [0.5, 0.6) is 0 Å². The van der Waals surface area contributed by atoms with E-state index in [1.54, 1.807) is 0 Å². The SMILES string of the molecule is CCCC(Br)c1ccc(C)cc1C. The van der Waals surface area contributed by atoms with E-state index in [4.69, 9.17) is 0 Å². The highest BCUT2D eigenvalue weighted by molar-refractivity contribution is 9.09. The van der Waals surface area contributed by atoms with Crippen molar-refractivity contribution in [2.75, 3.05) is 0 Å². The first kappa shape index (κ1) is 10.8. The number of rotatable bonds is 3. The van der Waals surface area contributed by atoms with Gasteiger partial charge in [-0.1, -0.05) is 53.0 Å². The van der Waals surface area contributed by atoms with Crippen molar-refractivity contribution in [1.82, 2.24) is 0 Å². The molecule has 0 aliphatic heterocycles. The maximum atomic E-state index is 3.72. The molecule has 0 aliphatic rings. The second-order valence-corrected chi connectivity index (χ2v) is 4.72. The zero-order valence-corrected chi connectivity index (χ0v) is 10.2. The summed E-state index contributed by atoms with van der Waals surface area (Å²) in [5.74, 6) is 0. The number of halogens is 1. The zero-order chi connectivity index (χ0) is 9.84. The molecule has 0 saturated carbocycles. The summed E-state index contributed by atoms with van der Waals surface area (Å²) in [6.45, 7) is 6.55. The van der Waals surface area contributed by atoms with Gasteiger partial charge in [-0.15, -0.1) is 0 Å². The Bertz CT molecular complexity index is 278. The first-order valence-corrected chi connectivity index (χ1v) is 5.78. The van der Waals surface area contributed by atoms with Gasteiger partial charge in [-0.05, 0) is 31.4 Å². The second kappa shape index (κ2) is 4.80. The number of aryl methyl sites for hydroxylation is 2. The molecule has 72 valence electrons. The van der Waals surface area contributed by atoms with Crippen LogP contribution in [0.15, 0.2) is 18.2 Å². The molecule has 0 N–H and O–H groups in total. The van der Waals surface area contributed by atoms with Crippen molar-refractivity contribution in [1.29, 1.82) is 0 Å². The van der Waals surface area contributed by atoms with Crippen LogP contribution in [-0.2, 0) is 0 Å². The maximum Gasteiger partial charge on any atom is 0.0397 e. The van der Waals surface area contributed by atoms with Crippen LogP contribution >= 0.6 is 15.9 Å². The summed E-state index contributed by atoms with van der Waals surface area (Å²) in [7, 11) is 0. The van der Waals surface area contributed by atoms with Crippen LogP contribution in [0.25, 0.3) is 0 Å². The van der Waals surface area contributed by atoms with Crippen LogP contribution in [0.3, 0.4) is 0 Å². The summed E-state index contributed by atoms with van der Waals surface area (Å²) < 4.78 is 0. The van der Waals surface area contributed by atoms with Crippen LogP contribution in [-0.4, -0.2) is 0 Å². The molecule has 0 saturated heterocycles. The van der Waals surface area contributed by atoms with Crippen molar-refractivity contribution in [3.63, 3.8) is 0 Å². The molecule has 0 radical (unpaired) electrons. The average Bonchev–Trinajstić information content (AvgIpc) is 2.04. The van der Waals surface area contributed by atoms with Crippen molar-refractivity contribution in [2.45, 2.75) is 38.4 Å². The van der Waals surface area contributed by atoms with E-state index >= 15 is 0 Å². The predicted molar refractivity (Wildman–Crippen MR) is 62.5 cm³/mol. The standard InChI is InChI=1S/C12H17Br/c1-4-5-12(13)11-7-6-9(2)8-10(11)3/h6-8,12H,4-5H2,1-3H3. The van der Waals surface area contributed by atoms with Crippen molar-refractivity contribution >= 4 is 15.9 Å². The van der Waals surface area contributed by atoms with E-state index in [-0.39, 0.29) is 0 Å². The monoisotopic (exact) mass is 240 g/mol. The highest BCUT2D eigenvalue weighted by atomic mass is 79.9. The van der Waals surface area contributed by atoms with E-state index < -0.39 is 0 Å². The van der Waals surface area contributed by atoms with E-state index in [9.17, 15) is 0 Å². The summed E-state index contributed by atoms with van der Waals surface area (Å²) in [6.07, 6.45) is 2.44. The number of benzene rings is 1. The number of hydrogen-bond acceptors (Lipinski definition) is 0. The van der Waals surface area contributed by atoms with Crippen LogP contribution in [0, 0.1) is 13.8 Å². The molecule has 0 amide bonds. The van der Waals surface area contributed by atoms with Gasteiger partial charge in [0.05, 0.1) is 0 Å². The van der Waals surface area contributed by atoms with Gasteiger partial charge in [-0.2, -0.15) is 0 Å². The molecular formula is C12H17Br. The molecule has 1 aromatic rings.